The molecule has 0 atom stereocenters. The van der Waals surface area contributed by atoms with E-state index in [-0.39, 0.29) is 0 Å². The molecule has 0 saturated carbocycles. The van der Waals surface area contributed by atoms with E-state index >= 15 is 0 Å². The minimum Gasteiger partial charge on any atom is -0.456 e. The van der Waals surface area contributed by atoms with Gasteiger partial charge in [0.25, 0.3) is 0 Å². The molecule has 11 rings (SSSR count). The Balaban J connectivity index is 1.11. The molecular formula is C49H29N5OS. The summed E-state index contributed by atoms with van der Waals surface area (Å²) in [6.45, 7) is 0. The van der Waals surface area contributed by atoms with E-state index in [1.54, 1.807) is 11.3 Å². The number of furan rings is 1. The van der Waals surface area contributed by atoms with Crippen LogP contribution in [0.4, 0.5) is 0 Å². The lowest BCUT2D eigenvalue weighted by molar-refractivity contribution is 0.669. The van der Waals surface area contributed by atoms with Crippen molar-refractivity contribution < 1.29 is 4.42 Å². The van der Waals surface area contributed by atoms with Gasteiger partial charge in [-0.25, -0.2) is 24.9 Å². The molecule has 0 spiro atoms. The van der Waals surface area contributed by atoms with Gasteiger partial charge in [-0.1, -0.05) is 152 Å². The lowest BCUT2D eigenvalue weighted by Crippen LogP contribution is -2.00. The van der Waals surface area contributed by atoms with Gasteiger partial charge in [0.2, 0.25) is 0 Å². The van der Waals surface area contributed by atoms with Crippen molar-refractivity contribution >= 4 is 53.6 Å². The van der Waals surface area contributed by atoms with E-state index in [2.05, 4.69) is 84.9 Å². The first kappa shape index (κ1) is 32.1. The molecule has 0 amide bonds. The summed E-state index contributed by atoms with van der Waals surface area (Å²) in [4.78, 5) is 25.6. The molecule has 0 bridgehead atoms. The van der Waals surface area contributed by atoms with Gasteiger partial charge in [-0.2, -0.15) is 0 Å². The van der Waals surface area contributed by atoms with Crippen molar-refractivity contribution in [2.75, 3.05) is 0 Å². The van der Waals surface area contributed by atoms with Crippen LogP contribution in [0.25, 0.3) is 110 Å². The smallest absolute Gasteiger partial charge is 0.164 e. The van der Waals surface area contributed by atoms with Crippen molar-refractivity contribution in [2.45, 2.75) is 0 Å². The quantitative estimate of drug-likeness (QED) is 0.169. The van der Waals surface area contributed by atoms with Crippen LogP contribution in [-0.2, 0) is 0 Å². The summed E-state index contributed by atoms with van der Waals surface area (Å²) < 4.78 is 8.85. The highest BCUT2D eigenvalue weighted by molar-refractivity contribution is 7.26. The number of aromatic nitrogens is 5. The predicted molar refractivity (Wildman–Crippen MR) is 228 cm³/mol. The molecule has 4 aromatic heterocycles. The Bertz CT molecular complexity index is 3190. The zero-order valence-electron chi connectivity index (χ0n) is 29.8. The third-order valence-corrected chi connectivity index (χ3v) is 11.3. The predicted octanol–water partition coefficient (Wildman–Crippen LogP) is 12.9. The third kappa shape index (κ3) is 5.44. The van der Waals surface area contributed by atoms with Crippen molar-refractivity contribution in [3.8, 4) is 67.9 Å². The summed E-state index contributed by atoms with van der Waals surface area (Å²) in [5.41, 5.74) is 10.2. The second-order valence-electron chi connectivity index (χ2n) is 13.6. The number of hydrogen-bond acceptors (Lipinski definition) is 7. The van der Waals surface area contributed by atoms with Crippen LogP contribution >= 0.6 is 11.3 Å². The molecule has 7 aromatic carbocycles. The Kier molecular flexibility index (Phi) is 7.57. The van der Waals surface area contributed by atoms with Gasteiger partial charge >= 0.3 is 0 Å². The summed E-state index contributed by atoms with van der Waals surface area (Å²) in [7, 11) is 0. The zero-order valence-corrected chi connectivity index (χ0v) is 30.6. The molecule has 0 unspecified atom stereocenters. The second kappa shape index (κ2) is 13.2. The number of fused-ring (bicyclic) bond motifs is 6. The molecule has 4 heterocycles. The fourth-order valence-electron chi connectivity index (χ4n) is 7.56. The number of rotatable bonds is 6. The van der Waals surface area contributed by atoms with E-state index in [1.165, 1.54) is 4.70 Å². The third-order valence-electron chi connectivity index (χ3n) is 10.2. The summed E-state index contributed by atoms with van der Waals surface area (Å²) in [5, 5.41) is 3.07. The van der Waals surface area contributed by atoms with Crippen LogP contribution in [0.1, 0.15) is 0 Å². The summed E-state index contributed by atoms with van der Waals surface area (Å²) in [6.07, 6.45) is 0. The summed E-state index contributed by atoms with van der Waals surface area (Å²) in [5.74, 6) is 2.47. The van der Waals surface area contributed by atoms with Crippen LogP contribution in [0.3, 0.4) is 0 Å². The average Bonchev–Trinajstić information content (AvgIpc) is 3.86. The normalized spacial score (nSPS) is 11.6. The van der Waals surface area contributed by atoms with Crippen molar-refractivity contribution in [2.24, 2.45) is 0 Å². The Morgan fingerprint density at radius 3 is 1.59 bits per heavy atom. The van der Waals surface area contributed by atoms with Gasteiger partial charge in [0.15, 0.2) is 23.3 Å². The molecule has 0 aliphatic rings. The number of thiophene rings is 1. The van der Waals surface area contributed by atoms with E-state index in [9.17, 15) is 0 Å². The Morgan fingerprint density at radius 2 is 0.893 bits per heavy atom. The molecule has 7 heteroatoms. The van der Waals surface area contributed by atoms with Crippen LogP contribution in [0, 0.1) is 0 Å². The topological polar surface area (TPSA) is 77.6 Å². The van der Waals surface area contributed by atoms with E-state index in [4.69, 9.17) is 29.3 Å². The van der Waals surface area contributed by atoms with Gasteiger partial charge < -0.3 is 4.42 Å². The van der Waals surface area contributed by atoms with Crippen LogP contribution in [0.2, 0.25) is 0 Å². The molecule has 56 heavy (non-hydrogen) atoms. The van der Waals surface area contributed by atoms with Crippen LogP contribution in [0.15, 0.2) is 180 Å². The molecule has 6 nitrogen and oxygen atoms in total. The first-order valence-corrected chi connectivity index (χ1v) is 19.2. The van der Waals surface area contributed by atoms with Gasteiger partial charge in [0.1, 0.15) is 11.2 Å². The molecule has 0 aliphatic carbocycles. The van der Waals surface area contributed by atoms with E-state index in [0.717, 1.165) is 82.2 Å². The molecule has 0 saturated heterocycles. The SMILES string of the molecule is c1ccc(-c2nc(-c3ccccc3)nc(-c3cccc4oc5cccc(-c6cccc(-c7nc(-c8ccccc8)c8sc9ccccc9c8n7)c6)c5c34)n2)cc1. The van der Waals surface area contributed by atoms with Crippen molar-refractivity contribution in [3.63, 3.8) is 0 Å². The number of benzene rings is 7. The minimum atomic E-state index is 0.577. The maximum absolute atomic E-state index is 6.57. The Hall–Kier alpha value is -7.35. The molecule has 0 N–H and O–H groups in total. The zero-order chi connectivity index (χ0) is 37.0. The fraction of sp³-hybridized carbons (Fsp3) is 0. The minimum absolute atomic E-state index is 0.577. The van der Waals surface area contributed by atoms with Gasteiger partial charge in [-0.3, -0.25) is 0 Å². The lowest BCUT2D eigenvalue weighted by Gasteiger charge is -2.11. The number of hydrogen-bond donors (Lipinski definition) is 0. The van der Waals surface area contributed by atoms with Crippen molar-refractivity contribution in [1.82, 2.24) is 24.9 Å². The molecule has 262 valence electrons. The molecule has 11 aromatic rings. The summed E-state index contributed by atoms with van der Waals surface area (Å²) >= 11 is 1.74. The lowest BCUT2D eigenvalue weighted by atomic mass is 9.96. The van der Waals surface area contributed by atoms with E-state index < -0.39 is 0 Å². The largest absolute Gasteiger partial charge is 0.456 e. The van der Waals surface area contributed by atoms with Crippen molar-refractivity contribution in [1.29, 1.82) is 0 Å². The van der Waals surface area contributed by atoms with Gasteiger partial charge in [0.05, 0.1) is 15.9 Å². The van der Waals surface area contributed by atoms with Crippen LogP contribution < -0.4 is 0 Å². The monoisotopic (exact) mass is 735 g/mol. The fourth-order valence-corrected chi connectivity index (χ4v) is 8.71. The van der Waals surface area contributed by atoms with E-state index in [1.807, 2.05) is 91.0 Å². The molecule has 0 radical (unpaired) electrons. The highest BCUT2D eigenvalue weighted by atomic mass is 32.1. The standard InChI is InChI=1S/C49H29N5OS/c1-4-15-30(16-5-1)43-45-44(36-23-10-11-28-40(36)56-45)51-48(50-43)34-22-12-21-33(29-34)35-24-13-26-38-41(35)42-37(25-14-27-39(42)55-38)49-53-46(31-17-6-2-7-18-31)52-47(54-49)32-19-8-3-9-20-32/h1-29H. The first-order valence-electron chi connectivity index (χ1n) is 18.4. The molecular weight excluding hydrogens is 707 g/mol. The van der Waals surface area contributed by atoms with E-state index in [0.29, 0.717) is 23.3 Å². The molecule has 0 aliphatic heterocycles. The highest BCUT2D eigenvalue weighted by Crippen LogP contribution is 2.43. The Labute approximate surface area is 325 Å². The molecule has 0 fully saturated rings. The van der Waals surface area contributed by atoms with Gasteiger partial charge in [-0.05, 0) is 35.4 Å². The van der Waals surface area contributed by atoms with Crippen molar-refractivity contribution in [3.05, 3.63) is 176 Å². The maximum Gasteiger partial charge on any atom is 0.164 e. The first-order chi connectivity index (χ1) is 27.7. The van der Waals surface area contributed by atoms with Gasteiger partial charge in [-0.15, -0.1) is 11.3 Å². The van der Waals surface area contributed by atoms with Crippen LogP contribution in [0.5, 0.6) is 0 Å². The Morgan fingerprint density at radius 1 is 0.375 bits per heavy atom. The second-order valence-corrected chi connectivity index (χ2v) is 14.7. The average molecular weight is 736 g/mol. The summed E-state index contributed by atoms with van der Waals surface area (Å²) in [6, 6.07) is 59.7. The maximum atomic E-state index is 6.57. The van der Waals surface area contributed by atoms with Gasteiger partial charge in [0, 0.05) is 48.7 Å². The highest BCUT2D eigenvalue weighted by Gasteiger charge is 2.21. The number of nitrogens with zero attached hydrogens (tertiary/aromatic N) is 5. The van der Waals surface area contributed by atoms with Crippen LogP contribution in [-0.4, -0.2) is 24.9 Å².